The van der Waals surface area contributed by atoms with E-state index in [1.54, 1.807) is 77.7 Å². The van der Waals surface area contributed by atoms with Crippen LogP contribution in [0.5, 0.6) is 0 Å². The molecule has 5 rings (SSSR count). The third-order valence-electron chi connectivity index (χ3n) is 6.66. The highest BCUT2D eigenvalue weighted by molar-refractivity contribution is 6.04. The maximum absolute atomic E-state index is 13.4. The molecule has 7 heteroatoms. The van der Waals surface area contributed by atoms with E-state index in [0.717, 1.165) is 5.39 Å². The predicted octanol–water partition coefficient (Wildman–Crippen LogP) is 3.66. The van der Waals surface area contributed by atoms with Gasteiger partial charge in [-0.1, -0.05) is 78.9 Å². The van der Waals surface area contributed by atoms with Crippen LogP contribution in [0.4, 0.5) is 0 Å². The number of Topliss-reactive ketones (excluding diaryl/α,β-unsaturated/α-hetero) is 1. The van der Waals surface area contributed by atoms with Gasteiger partial charge in [0.15, 0.2) is 11.4 Å². The summed E-state index contributed by atoms with van der Waals surface area (Å²) in [6.45, 7) is 0.535. The summed E-state index contributed by atoms with van der Waals surface area (Å²) in [5.74, 6) is -1.37. The van der Waals surface area contributed by atoms with E-state index in [9.17, 15) is 19.5 Å². The number of benzene rings is 3. The number of furan rings is 1. The summed E-state index contributed by atoms with van der Waals surface area (Å²) >= 11 is 0. The quantitative estimate of drug-likeness (QED) is 0.390. The summed E-state index contributed by atoms with van der Waals surface area (Å²) in [5, 5.41) is 14.9. The van der Waals surface area contributed by atoms with Crippen molar-refractivity contribution in [2.75, 3.05) is 13.1 Å². The standard InChI is InChI=1S/C29H26N2O5/c32-24(26-18-20-10-7-8-16-25(20)36-26)19-31-17-9-15-23(31)27(33)30-28(34)29(35,21-11-3-1-4-12-21)22-13-5-2-6-14-22/h1-8,10-14,16,18,23,35H,9,15,17,19H2,(H,30,33,34)/t23-/m0/s1. The molecule has 1 saturated heterocycles. The molecule has 1 aliphatic rings. The molecule has 0 bridgehead atoms. The predicted molar refractivity (Wildman–Crippen MR) is 134 cm³/mol. The Morgan fingerprint density at radius 3 is 2.17 bits per heavy atom. The lowest BCUT2D eigenvalue weighted by Gasteiger charge is -2.29. The lowest BCUT2D eigenvalue weighted by atomic mass is 9.85. The van der Waals surface area contributed by atoms with Gasteiger partial charge in [0.05, 0.1) is 12.6 Å². The third kappa shape index (κ3) is 4.46. The molecule has 182 valence electrons. The van der Waals surface area contributed by atoms with E-state index in [2.05, 4.69) is 5.32 Å². The number of hydrogen-bond acceptors (Lipinski definition) is 6. The van der Waals surface area contributed by atoms with E-state index in [-0.39, 0.29) is 18.1 Å². The summed E-state index contributed by atoms with van der Waals surface area (Å²) < 4.78 is 5.68. The van der Waals surface area contributed by atoms with Crippen LogP contribution >= 0.6 is 0 Å². The van der Waals surface area contributed by atoms with Gasteiger partial charge in [0.25, 0.3) is 5.91 Å². The van der Waals surface area contributed by atoms with Crippen LogP contribution in [0.3, 0.4) is 0 Å². The van der Waals surface area contributed by atoms with E-state index in [1.165, 1.54) is 0 Å². The molecule has 3 aromatic carbocycles. The zero-order chi connectivity index (χ0) is 25.1. The number of rotatable bonds is 7. The molecule has 0 radical (unpaired) electrons. The average Bonchev–Trinajstić information content (AvgIpc) is 3.56. The first-order chi connectivity index (χ1) is 17.5. The van der Waals surface area contributed by atoms with Crippen LogP contribution in [-0.2, 0) is 15.2 Å². The average molecular weight is 483 g/mol. The minimum Gasteiger partial charge on any atom is -0.453 e. The van der Waals surface area contributed by atoms with Gasteiger partial charge >= 0.3 is 0 Å². The summed E-state index contributed by atoms with van der Waals surface area (Å²) in [6, 6.07) is 25.4. The van der Waals surface area contributed by atoms with Crippen LogP contribution in [-0.4, -0.2) is 46.7 Å². The Hall–Kier alpha value is -4.07. The van der Waals surface area contributed by atoms with Gasteiger partial charge in [-0.25, -0.2) is 0 Å². The maximum atomic E-state index is 13.4. The number of likely N-dealkylation sites (tertiary alicyclic amines) is 1. The van der Waals surface area contributed by atoms with Gasteiger partial charge in [0.2, 0.25) is 11.7 Å². The molecule has 36 heavy (non-hydrogen) atoms. The normalized spacial score (nSPS) is 16.2. The second kappa shape index (κ2) is 9.89. The van der Waals surface area contributed by atoms with Gasteiger partial charge in [0.1, 0.15) is 5.58 Å². The molecular weight excluding hydrogens is 456 g/mol. The lowest BCUT2D eigenvalue weighted by molar-refractivity contribution is -0.142. The number of nitrogens with zero attached hydrogens (tertiary/aromatic N) is 1. The van der Waals surface area contributed by atoms with Crippen LogP contribution in [0.2, 0.25) is 0 Å². The molecule has 0 saturated carbocycles. The van der Waals surface area contributed by atoms with Crippen molar-refractivity contribution in [1.29, 1.82) is 0 Å². The first-order valence-electron chi connectivity index (χ1n) is 11.9. The Balaban J connectivity index is 1.33. The molecule has 4 aromatic rings. The molecule has 2 amide bonds. The second-order valence-electron chi connectivity index (χ2n) is 8.96. The van der Waals surface area contributed by atoms with Crippen LogP contribution in [0, 0.1) is 0 Å². The van der Waals surface area contributed by atoms with Gasteiger partial charge in [-0.15, -0.1) is 0 Å². The van der Waals surface area contributed by atoms with Crippen LogP contribution < -0.4 is 5.32 Å². The Morgan fingerprint density at radius 1 is 0.917 bits per heavy atom. The van der Waals surface area contributed by atoms with E-state index in [0.29, 0.717) is 36.1 Å². The van der Waals surface area contributed by atoms with Gasteiger partial charge in [-0.2, -0.15) is 0 Å². The first kappa shape index (κ1) is 23.7. The van der Waals surface area contributed by atoms with Gasteiger partial charge in [-0.05, 0) is 42.6 Å². The fraction of sp³-hybridized carbons (Fsp3) is 0.207. The first-order valence-corrected chi connectivity index (χ1v) is 11.9. The Kier molecular flexibility index (Phi) is 6.50. The highest BCUT2D eigenvalue weighted by atomic mass is 16.3. The molecule has 0 unspecified atom stereocenters. The number of para-hydroxylation sites is 1. The molecule has 1 atom stereocenters. The highest BCUT2D eigenvalue weighted by Crippen LogP contribution is 2.30. The molecule has 0 spiro atoms. The Labute approximate surface area is 208 Å². The number of fused-ring (bicyclic) bond motifs is 1. The highest BCUT2D eigenvalue weighted by Gasteiger charge is 2.42. The van der Waals surface area contributed by atoms with Crippen LogP contribution in [0.1, 0.15) is 34.5 Å². The van der Waals surface area contributed by atoms with Gasteiger partial charge in [0, 0.05) is 5.39 Å². The zero-order valence-corrected chi connectivity index (χ0v) is 19.6. The van der Waals surface area contributed by atoms with Crippen LogP contribution in [0.15, 0.2) is 95.4 Å². The monoisotopic (exact) mass is 482 g/mol. The number of aliphatic hydroxyl groups is 1. The number of amides is 2. The van der Waals surface area contributed by atoms with E-state index < -0.39 is 23.5 Å². The van der Waals surface area contributed by atoms with Crippen molar-refractivity contribution >= 4 is 28.6 Å². The largest absolute Gasteiger partial charge is 0.453 e. The summed E-state index contributed by atoms with van der Waals surface area (Å²) in [7, 11) is 0. The number of carbonyl (C=O) groups excluding carboxylic acids is 3. The van der Waals surface area contributed by atoms with E-state index in [4.69, 9.17) is 4.42 Å². The third-order valence-corrected chi connectivity index (χ3v) is 6.66. The summed E-state index contributed by atoms with van der Waals surface area (Å²) in [6.07, 6.45) is 1.21. The summed E-state index contributed by atoms with van der Waals surface area (Å²) in [5.41, 5.74) is -0.718. The van der Waals surface area contributed by atoms with Gasteiger partial charge < -0.3 is 9.52 Å². The number of nitrogens with one attached hydrogen (secondary N) is 1. The van der Waals surface area contributed by atoms with Gasteiger partial charge in [-0.3, -0.25) is 24.6 Å². The molecule has 0 aliphatic carbocycles. The van der Waals surface area contributed by atoms with Crippen molar-refractivity contribution in [2.45, 2.75) is 24.5 Å². The fourth-order valence-corrected chi connectivity index (χ4v) is 4.77. The van der Waals surface area contributed by atoms with Crippen molar-refractivity contribution in [3.8, 4) is 0 Å². The molecule has 1 aliphatic heterocycles. The fourth-order valence-electron chi connectivity index (χ4n) is 4.77. The second-order valence-corrected chi connectivity index (χ2v) is 8.96. The number of carbonyl (C=O) groups is 3. The molecule has 7 nitrogen and oxygen atoms in total. The van der Waals surface area contributed by atoms with E-state index >= 15 is 0 Å². The Morgan fingerprint density at radius 2 is 1.53 bits per heavy atom. The molecule has 1 fully saturated rings. The smallest absolute Gasteiger partial charge is 0.267 e. The van der Waals surface area contributed by atoms with Crippen molar-refractivity contribution in [1.82, 2.24) is 10.2 Å². The maximum Gasteiger partial charge on any atom is 0.267 e. The van der Waals surface area contributed by atoms with Crippen molar-refractivity contribution < 1.29 is 23.9 Å². The summed E-state index contributed by atoms with van der Waals surface area (Å²) in [4.78, 5) is 41.3. The van der Waals surface area contributed by atoms with Crippen molar-refractivity contribution in [3.05, 3.63) is 108 Å². The van der Waals surface area contributed by atoms with E-state index in [1.807, 2.05) is 18.2 Å². The number of ketones is 1. The van der Waals surface area contributed by atoms with Crippen molar-refractivity contribution in [2.24, 2.45) is 0 Å². The molecule has 1 aromatic heterocycles. The lowest BCUT2D eigenvalue weighted by Crippen LogP contribution is -2.53. The molecule has 2 N–H and O–H groups in total. The molecule has 2 heterocycles. The SMILES string of the molecule is O=C(CN1CCC[C@H]1C(=O)NC(=O)C(O)(c1ccccc1)c1ccccc1)c1cc2ccccc2o1. The van der Waals surface area contributed by atoms with Crippen LogP contribution in [0.25, 0.3) is 11.0 Å². The minimum absolute atomic E-state index is 0.00621. The molecular formula is C29H26N2O5. The zero-order valence-electron chi connectivity index (χ0n) is 19.6. The van der Waals surface area contributed by atoms with Crippen molar-refractivity contribution in [3.63, 3.8) is 0 Å². The topological polar surface area (TPSA) is 99.9 Å². The number of hydrogen-bond donors (Lipinski definition) is 2. The Bertz CT molecular complexity index is 1320. The minimum atomic E-state index is -2.05. The number of imide groups is 1.